The van der Waals surface area contributed by atoms with Crippen LogP contribution in [0.15, 0.2) is 29.2 Å². The van der Waals surface area contributed by atoms with Crippen LogP contribution in [-0.2, 0) is 10.0 Å². The Hall–Kier alpha value is -2.22. The van der Waals surface area contributed by atoms with E-state index in [1.807, 2.05) is 0 Å². The number of ether oxygens (including phenoxy) is 1. The van der Waals surface area contributed by atoms with Gasteiger partial charge in [-0.25, -0.2) is 17.6 Å². The number of urea groups is 1. The van der Waals surface area contributed by atoms with Gasteiger partial charge in [0.05, 0.1) is 12.0 Å². The van der Waals surface area contributed by atoms with E-state index in [0.717, 1.165) is 29.1 Å². The van der Waals surface area contributed by atoms with E-state index in [4.69, 9.17) is 4.74 Å². The summed E-state index contributed by atoms with van der Waals surface area (Å²) in [4.78, 5) is 11.3. The zero-order valence-electron chi connectivity index (χ0n) is 13.1. The molecule has 0 fully saturated rings. The predicted molar refractivity (Wildman–Crippen MR) is 75.3 cm³/mol. The number of methoxy groups -OCH3 is 1. The van der Waals surface area contributed by atoms with Gasteiger partial charge in [-0.05, 0) is 31.2 Å². The molecule has 0 saturated heterocycles. The van der Waals surface area contributed by atoms with Crippen LogP contribution in [0.2, 0.25) is 0 Å². The summed E-state index contributed by atoms with van der Waals surface area (Å²) < 4.78 is 108. The third-order valence-electron chi connectivity index (χ3n) is 3.18. The van der Waals surface area contributed by atoms with Crippen LogP contribution in [0.3, 0.4) is 0 Å². The Balaban J connectivity index is 3.32. The fourth-order valence-corrected chi connectivity index (χ4v) is 2.59. The van der Waals surface area contributed by atoms with E-state index in [9.17, 15) is 39.6 Å². The maximum atomic E-state index is 14.0. The maximum absolute atomic E-state index is 14.0. The van der Waals surface area contributed by atoms with Gasteiger partial charge in [-0.1, -0.05) is 0 Å². The number of carbonyl (C=O) groups is 1. The number of benzene rings is 1. The lowest BCUT2D eigenvalue weighted by Crippen LogP contribution is -2.68. The Labute approximate surface area is 143 Å². The molecule has 1 aromatic rings. The summed E-state index contributed by atoms with van der Waals surface area (Å²) in [5.74, 6) is 0.175. The molecule has 0 bridgehead atoms. The van der Waals surface area contributed by atoms with Gasteiger partial charge in [0.2, 0.25) is 0 Å². The van der Waals surface area contributed by atoms with Crippen LogP contribution in [0, 0.1) is 0 Å². The monoisotopic (exact) mass is 409 g/mol. The molecular weight excluding hydrogens is 396 g/mol. The van der Waals surface area contributed by atoms with Crippen molar-refractivity contribution in [1.82, 2.24) is 9.84 Å². The molecule has 26 heavy (non-hydrogen) atoms. The van der Waals surface area contributed by atoms with E-state index >= 15 is 0 Å². The van der Waals surface area contributed by atoms with Crippen LogP contribution in [0.25, 0.3) is 0 Å². The minimum absolute atomic E-state index is 0.175. The molecule has 1 aromatic carbocycles. The fraction of sp³-hybridized carbons (Fsp3) is 0.417. The van der Waals surface area contributed by atoms with E-state index in [0.29, 0.717) is 0 Å². The van der Waals surface area contributed by atoms with Crippen LogP contribution < -0.4 is 15.3 Å². The van der Waals surface area contributed by atoms with Crippen molar-refractivity contribution in [2.24, 2.45) is 5.73 Å². The van der Waals surface area contributed by atoms with Crippen LogP contribution in [0.4, 0.5) is 31.1 Å². The summed E-state index contributed by atoms with van der Waals surface area (Å²) in [7, 11) is -3.77. The van der Waals surface area contributed by atoms with Gasteiger partial charge >= 0.3 is 18.3 Å². The van der Waals surface area contributed by atoms with Gasteiger partial charge in [-0.3, -0.25) is 0 Å². The lowest BCUT2D eigenvalue weighted by molar-refractivity contribution is -0.329. The first-order chi connectivity index (χ1) is 11.6. The minimum Gasteiger partial charge on any atom is -0.497 e. The number of amides is 2. The topological polar surface area (TPSA) is 102 Å². The summed E-state index contributed by atoms with van der Waals surface area (Å²) in [6, 6.07) is -4.18. The van der Waals surface area contributed by atoms with Crippen molar-refractivity contribution in [3.8, 4) is 5.75 Å². The molecule has 0 aliphatic heterocycles. The number of nitrogens with one attached hydrogen (secondary N) is 1. The summed E-state index contributed by atoms with van der Waals surface area (Å²) in [6.45, 7) is -0.565. The highest BCUT2D eigenvalue weighted by Gasteiger charge is 2.72. The quantitative estimate of drug-likeness (QED) is 0.427. The van der Waals surface area contributed by atoms with E-state index in [1.165, 1.54) is 7.11 Å². The fourth-order valence-electron chi connectivity index (χ4n) is 1.55. The Morgan fingerprint density at radius 1 is 1.12 bits per heavy atom. The van der Waals surface area contributed by atoms with Gasteiger partial charge in [0.25, 0.3) is 15.7 Å². The maximum Gasteiger partial charge on any atom is 0.430 e. The van der Waals surface area contributed by atoms with Crippen LogP contribution in [-0.4, -0.2) is 44.5 Å². The smallest absolute Gasteiger partial charge is 0.430 e. The molecule has 0 aliphatic rings. The molecular formula is C12H13F6N3O4S. The molecule has 0 radical (unpaired) electrons. The highest BCUT2D eigenvalue weighted by Crippen LogP contribution is 2.46. The average Bonchev–Trinajstić information content (AvgIpc) is 2.51. The molecule has 0 saturated carbocycles. The summed E-state index contributed by atoms with van der Waals surface area (Å²) >= 11 is 0. The third kappa shape index (κ3) is 3.95. The number of alkyl halides is 6. The highest BCUT2D eigenvalue weighted by atomic mass is 32.2. The Morgan fingerprint density at radius 2 is 1.58 bits per heavy atom. The van der Waals surface area contributed by atoms with Crippen molar-refractivity contribution in [3.05, 3.63) is 24.3 Å². The average molecular weight is 409 g/mol. The Morgan fingerprint density at radius 3 is 1.92 bits per heavy atom. The van der Waals surface area contributed by atoms with Gasteiger partial charge in [0, 0.05) is 0 Å². The molecule has 2 amide bonds. The number of hydrazine groups is 1. The number of sulfonamides is 1. The lowest BCUT2D eigenvalue weighted by Gasteiger charge is -2.37. The number of rotatable bonds is 6. The van der Waals surface area contributed by atoms with Gasteiger partial charge in [0.15, 0.2) is 0 Å². The number of hydrogen-bond acceptors (Lipinski definition) is 4. The molecule has 148 valence electrons. The second kappa shape index (κ2) is 6.83. The minimum atomic E-state index is -6.14. The number of halogens is 6. The van der Waals surface area contributed by atoms with Crippen molar-refractivity contribution in [2.45, 2.75) is 29.7 Å². The molecule has 0 heterocycles. The van der Waals surface area contributed by atoms with E-state index in [1.54, 1.807) is 0 Å². The van der Waals surface area contributed by atoms with Crippen LogP contribution in [0.1, 0.15) is 6.92 Å². The molecule has 0 aliphatic carbocycles. The molecule has 1 rings (SSSR count). The standard InChI is InChI=1S/C12H13F6N3O4S/c1-10(13,11(14,15)16)12(17,18)21(9(19)22)20-26(23,24)8-5-3-7(25-2)4-6-8/h3-6,20H,1-2H3,(H2,19,22). The molecule has 3 N–H and O–H groups in total. The normalized spacial score (nSPS) is 15.2. The Kier molecular flexibility index (Phi) is 5.73. The molecule has 0 spiro atoms. The first-order valence-electron chi connectivity index (χ1n) is 6.47. The SMILES string of the molecule is COc1ccc(S(=O)(=O)NN(C(N)=O)C(F)(F)C(C)(F)C(F)(F)F)cc1. The second-order valence-corrected chi connectivity index (χ2v) is 6.65. The van der Waals surface area contributed by atoms with Gasteiger partial charge in [-0.2, -0.15) is 27.0 Å². The number of nitrogens with zero attached hydrogens (tertiary/aromatic N) is 1. The van der Waals surface area contributed by atoms with Crippen molar-refractivity contribution >= 4 is 16.1 Å². The molecule has 7 nitrogen and oxygen atoms in total. The van der Waals surface area contributed by atoms with Gasteiger partial charge in [0.1, 0.15) is 5.75 Å². The Bertz CT molecular complexity index is 764. The van der Waals surface area contributed by atoms with Crippen molar-refractivity contribution in [1.29, 1.82) is 0 Å². The van der Waals surface area contributed by atoms with Gasteiger partial charge in [-0.15, -0.1) is 4.83 Å². The summed E-state index contributed by atoms with van der Waals surface area (Å²) in [5, 5.41) is -1.43. The van der Waals surface area contributed by atoms with E-state index in [-0.39, 0.29) is 5.75 Å². The zero-order valence-corrected chi connectivity index (χ0v) is 14.0. The number of nitrogens with two attached hydrogens (primary N) is 1. The van der Waals surface area contributed by atoms with Crippen LogP contribution in [0.5, 0.6) is 5.75 Å². The molecule has 0 aromatic heterocycles. The van der Waals surface area contributed by atoms with Crippen molar-refractivity contribution in [3.63, 3.8) is 0 Å². The largest absolute Gasteiger partial charge is 0.497 e. The van der Waals surface area contributed by atoms with Crippen LogP contribution >= 0.6 is 0 Å². The predicted octanol–water partition coefficient (Wildman–Crippen LogP) is 2.15. The molecule has 14 heteroatoms. The number of carbonyl (C=O) groups excluding carboxylic acids is 1. The van der Waals surface area contributed by atoms with Gasteiger partial charge < -0.3 is 10.5 Å². The third-order valence-corrected chi connectivity index (χ3v) is 4.50. The molecule has 1 unspecified atom stereocenters. The molecule has 1 atom stereocenters. The first-order valence-corrected chi connectivity index (χ1v) is 7.96. The van der Waals surface area contributed by atoms with Crippen molar-refractivity contribution < 1.29 is 44.3 Å². The second-order valence-electron chi connectivity index (χ2n) is 4.99. The summed E-state index contributed by atoms with van der Waals surface area (Å²) in [5.41, 5.74) is -0.788. The first kappa shape index (κ1) is 21.8. The number of hydrogen-bond donors (Lipinski definition) is 2. The summed E-state index contributed by atoms with van der Waals surface area (Å²) in [6.07, 6.45) is -6.14. The lowest BCUT2D eigenvalue weighted by atomic mass is 10.1. The van der Waals surface area contributed by atoms with E-state index < -0.39 is 50.8 Å². The number of primary amides is 1. The van der Waals surface area contributed by atoms with Crippen molar-refractivity contribution in [2.75, 3.05) is 7.11 Å². The highest BCUT2D eigenvalue weighted by molar-refractivity contribution is 7.89. The van der Waals surface area contributed by atoms with E-state index in [2.05, 4.69) is 5.73 Å². The zero-order chi connectivity index (χ0) is 20.6.